The van der Waals surface area contributed by atoms with Gasteiger partial charge in [-0.1, -0.05) is 120 Å². The number of rotatable bonds is 32. The smallest absolute Gasteiger partial charge is 0.220 e. The highest BCUT2D eigenvalue weighted by Crippen LogP contribution is 2.22. The number of ether oxygens (including phenoxy) is 2. The van der Waals surface area contributed by atoms with Gasteiger partial charge >= 0.3 is 0 Å². The molecule has 0 aliphatic carbocycles. The predicted molar refractivity (Wildman–Crippen MR) is 207 cm³/mol. The third-order valence-electron chi connectivity index (χ3n) is 9.37. The molecule has 2 unspecified atom stereocenters. The molecule has 0 bridgehead atoms. The van der Waals surface area contributed by atoms with Crippen LogP contribution in [0.1, 0.15) is 155 Å². The molecule has 1 fully saturated rings. The molecule has 1 amide bonds. The molecule has 7 atom stereocenters. The van der Waals surface area contributed by atoms with Crippen LogP contribution in [0.4, 0.5) is 0 Å². The van der Waals surface area contributed by atoms with Crippen LogP contribution in [0, 0.1) is 0 Å². The van der Waals surface area contributed by atoms with Crippen molar-refractivity contribution in [2.45, 2.75) is 198 Å². The minimum Gasteiger partial charge on any atom is -0.394 e. The lowest BCUT2D eigenvalue weighted by Gasteiger charge is -2.40. The van der Waals surface area contributed by atoms with Crippen LogP contribution in [0.15, 0.2) is 48.6 Å². The van der Waals surface area contributed by atoms with Gasteiger partial charge in [-0.2, -0.15) is 0 Å². The molecule has 0 aromatic heterocycles. The van der Waals surface area contributed by atoms with Gasteiger partial charge in [0.05, 0.1) is 25.4 Å². The van der Waals surface area contributed by atoms with Gasteiger partial charge in [-0.25, -0.2) is 0 Å². The number of aliphatic hydroxyl groups is 5. The summed E-state index contributed by atoms with van der Waals surface area (Å²) in [5.41, 5.74) is 0. The lowest BCUT2D eigenvalue weighted by molar-refractivity contribution is -0.302. The fourth-order valence-electron chi connectivity index (χ4n) is 6.00. The van der Waals surface area contributed by atoms with Crippen LogP contribution in [0.2, 0.25) is 0 Å². The summed E-state index contributed by atoms with van der Waals surface area (Å²) in [6, 6.07) is -0.818. The van der Waals surface area contributed by atoms with E-state index in [1.165, 1.54) is 51.4 Å². The number of unbranched alkanes of at least 4 members (excludes halogenated alkanes) is 16. The van der Waals surface area contributed by atoms with Crippen LogP contribution < -0.4 is 5.32 Å². The van der Waals surface area contributed by atoms with Gasteiger partial charge in [-0.15, -0.1) is 0 Å². The Morgan fingerprint density at radius 3 is 1.76 bits per heavy atom. The standard InChI is InChI=1S/C42H75NO8/c1-3-5-7-9-11-13-15-17-18-20-22-24-26-28-30-32-38(46)43-35(34-50-42-41(49)40(48)39(47)37(33-44)51-42)36(45)31-29-27-25-23-21-19-16-14-12-10-8-6-4-2/h11,13-14,16-18,29,31,35-37,39-42,44-45,47-49H,3-10,12,15,19-28,30,32-34H2,1-2H3,(H,43,46)/t35-,36+,37?,39+,40+,41?,42+/m0/s1. The molecular weight excluding hydrogens is 646 g/mol. The number of aliphatic hydroxyl groups excluding tert-OH is 5. The van der Waals surface area contributed by atoms with E-state index >= 15 is 0 Å². The molecule has 1 rings (SSSR count). The maximum Gasteiger partial charge on any atom is 0.220 e. The summed E-state index contributed by atoms with van der Waals surface area (Å²) in [6.45, 7) is 3.68. The van der Waals surface area contributed by atoms with E-state index in [0.717, 1.165) is 83.5 Å². The average Bonchev–Trinajstić information content (AvgIpc) is 3.13. The number of amides is 1. The van der Waals surface area contributed by atoms with Gasteiger partial charge in [-0.3, -0.25) is 4.79 Å². The highest BCUT2D eigenvalue weighted by Gasteiger charge is 2.44. The largest absolute Gasteiger partial charge is 0.394 e. The minimum absolute atomic E-state index is 0.200. The fraction of sp³-hybridized carbons (Fsp3) is 0.786. The normalized spacial score (nSPS) is 22.5. The quantitative estimate of drug-likeness (QED) is 0.0309. The molecular formula is C42H75NO8. The Hall–Kier alpha value is -1.85. The summed E-state index contributed by atoms with van der Waals surface area (Å²) in [6.07, 6.45) is 32.9. The van der Waals surface area contributed by atoms with Crippen LogP contribution in [-0.2, 0) is 14.3 Å². The van der Waals surface area contributed by atoms with Gasteiger partial charge in [0.1, 0.15) is 24.4 Å². The molecule has 1 heterocycles. The van der Waals surface area contributed by atoms with E-state index in [2.05, 4.69) is 55.6 Å². The monoisotopic (exact) mass is 722 g/mol. The van der Waals surface area contributed by atoms with Gasteiger partial charge < -0.3 is 40.3 Å². The second-order valence-corrected chi connectivity index (χ2v) is 14.1. The van der Waals surface area contributed by atoms with Crippen molar-refractivity contribution in [1.82, 2.24) is 5.32 Å². The molecule has 1 aliphatic heterocycles. The van der Waals surface area contributed by atoms with E-state index in [0.29, 0.717) is 6.42 Å². The van der Waals surface area contributed by atoms with Gasteiger partial charge in [-0.05, 0) is 77.0 Å². The van der Waals surface area contributed by atoms with Crippen LogP contribution in [0.25, 0.3) is 0 Å². The zero-order chi connectivity index (χ0) is 37.4. The fourth-order valence-corrected chi connectivity index (χ4v) is 6.00. The highest BCUT2D eigenvalue weighted by atomic mass is 16.7. The summed E-state index contributed by atoms with van der Waals surface area (Å²) in [7, 11) is 0. The Kier molecular flexibility index (Phi) is 30.3. The Balaban J connectivity index is 2.46. The Bertz CT molecular complexity index is 936. The molecule has 296 valence electrons. The number of hydrogen-bond acceptors (Lipinski definition) is 8. The first-order valence-electron chi connectivity index (χ1n) is 20.4. The number of carbonyl (C=O) groups is 1. The number of nitrogens with one attached hydrogen (secondary N) is 1. The maximum absolute atomic E-state index is 12.9. The molecule has 6 N–H and O–H groups in total. The summed E-state index contributed by atoms with van der Waals surface area (Å²) in [5.74, 6) is -0.200. The minimum atomic E-state index is -1.57. The SMILES string of the molecule is CCCCCC=CCC=CCCCCCCCC(=O)N[C@@H](CO[C@@H]1OC(CO)[C@@H](O)[C@@H](O)C1O)[C@H](O)C=CCCCCCC=CCCCCCC. The van der Waals surface area contributed by atoms with Crippen LogP contribution in [-0.4, -0.2) is 87.5 Å². The third-order valence-corrected chi connectivity index (χ3v) is 9.37. The van der Waals surface area contributed by atoms with E-state index in [-0.39, 0.29) is 12.5 Å². The van der Waals surface area contributed by atoms with Crippen molar-refractivity contribution < 1.29 is 39.8 Å². The lowest BCUT2D eigenvalue weighted by atomic mass is 9.99. The van der Waals surface area contributed by atoms with Gasteiger partial charge in [0.15, 0.2) is 6.29 Å². The molecule has 9 heteroatoms. The van der Waals surface area contributed by atoms with Gasteiger partial charge in [0.2, 0.25) is 5.91 Å². The number of allylic oxidation sites excluding steroid dienone is 7. The van der Waals surface area contributed by atoms with Gasteiger partial charge in [0, 0.05) is 6.42 Å². The Morgan fingerprint density at radius 2 is 1.16 bits per heavy atom. The molecule has 0 spiro atoms. The van der Waals surface area contributed by atoms with Crippen LogP contribution in [0.5, 0.6) is 0 Å². The summed E-state index contributed by atoms with van der Waals surface area (Å²) in [4.78, 5) is 12.9. The topological polar surface area (TPSA) is 149 Å². The van der Waals surface area contributed by atoms with Crippen molar-refractivity contribution >= 4 is 5.91 Å². The van der Waals surface area contributed by atoms with E-state index in [1.807, 2.05) is 6.08 Å². The van der Waals surface area contributed by atoms with Crippen molar-refractivity contribution in [3.8, 4) is 0 Å². The van der Waals surface area contributed by atoms with E-state index in [9.17, 15) is 30.3 Å². The Morgan fingerprint density at radius 1 is 0.667 bits per heavy atom. The van der Waals surface area contributed by atoms with Crippen molar-refractivity contribution in [3.63, 3.8) is 0 Å². The van der Waals surface area contributed by atoms with Crippen molar-refractivity contribution in [2.24, 2.45) is 0 Å². The molecule has 0 aromatic carbocycles. The van der Waals surface area contributed by atoms with E-state index < -0.39 is 49.5 Å². The zero-order valence-electron chi connectivity index (χ0n) is 32.1. The van der Waals surface area contributed by atoms with Crippen molar-refractivity contribution in [1.29, 1.82) is 0 Å². The summed E-state index contributed by atoms with van der Waals surface area (Å²) >= 11 is 0. The molecule has 9 nitrogen and oxygen atoms in total. The lowest BCUT2D eigenvalue weighted by Crippen LogP contribution is -2.60. The molecule has 1 saturated heterocycles. The molecule has 0 saturated carbocycles. The third kappa shape index (κ3) is 24.2. The predicted octanol–water partition coefficient (Wildman–Crippen LogP) is 7.50. The van der Waals surface area contributed by atoms with Gasteiger partial charge in [0.25, 0.3) is 0 Å². The molecule has 51 heavy (non-hydrogen) atoms. The number of hydrogen-bond donors (Lipinski definition) is 6. The number of carbonyl (C=O) groups excluding carboxylic acids is 1. The molecule has 0 aromatic rings. The molecule has 0 radical (unpaired) electrons. The second-order valence-electron chi connectivity index (χ2n) is 14.1. The van der Waals surface area contributed by atoms with Crippen LogP contribution >= 0.6 is 0 Å². The summed E-state index contributed by atoms with van der Waals surface area (Å²) < 4.78 is 11.2. The summed E-state index contributed by atoms with van der Waals surface area (Å²) in [5, 5.41) is 53.9. The van der Waals surface area contributed by atoms with Crippen LogP contribution in [0.3, 0.4) is 0 Å². The highest BCUT2D eigenvalue weighted by molar-refractivity contribution is 5.76. The molecule has 1 aliphatic rings. The Labute approximate surface area is 310 Å². The zero-order valence-corrected chi connectivity index (χ0v) is 32.1. The average molecular weight is 722 g/mol. The first-order valence-corrected chi connectivity index (χ1v) is 20.4. The van der Waals surface area contributed by atoms with E-state index in [4.69, 9.17) is 9.47 Å². The second kappa shape index (κ2) is 32.8. The first-order chi connectivity index (χ1) is 24.8. The van der Waals surface area contributed by atoms with Crippen molar-refractivity contribution in [2.75, 3.05) is 13.2 Å². The first kappa shape index (κ1) is 47.2. The maximum atomic E-state index is 12.9. The van der Waals surface area contributed by atoms with E-state index in [1.54, 1.807) is 6.08 Å². The van der Waals surface area contributed by atoms with Crippen molar-refractivity contribution in [3.05, 3.63) is 48.6 Å².